The molecule has 1 aromatic rings. The molecule has 1 rings (SSSR count). The maximum absolute atomic E-state index is 5.50. The maximum atomic E-state index is 5.50. The van der Waals surface area contributed by atoms with Crippen LogP contribution in [0.25, 0.3) is 0 Å². The van der Waals surface area contributed by atoms with Crippen LogP contribution in [0.15, 0.2) is 22.7 Å². The highest BCUT2D eigenvalue weighted by atomic mass is 79.9. The van der Waals surface area contributed by atoms with Gasteiger partial charge in [-0.05, 0) is 23.2 Å². The zero-order valence-electron chi connectivity index (χ0n) is 11.7. The molecule has 0 saturated heterocycles. The second-order valence-corrected chi connectivity index (χ2v) is 11.9. The first kappa shape index (κ1) is 15.1. The van der Waals surface area contributed by atoms with E-state index in [0.717, 1.165) is 15.6 Å². The SMILES string of the molecule is C#Cc1ccc(Br)cc1C#C[Si](C)(C)C(C)(C)C. The van der Waals surface area contributed by atoms with Gasteiger partial charge in [-0.15, -0.1) is 12.0 Å². The van der Waals surface area contributed by atoms with Crippen LogP contribution in [0.1, 0.15) is 31.9 Å². The van der Waals surface area contributed by atoms with E-state index in [1.54, 1.807) is 0 Å². The summed E-state index contributed by atoms with van der Waals surface area (Å²) in [5.41, 5.74) is 5.30. The number of benzene rings is 1. The third-order valence-electron chi connectivity index (χ3n) is 3.52. The summed E-state index contributed by atoms with van der Waals surface area (Å²) in [6, 6.07) is 5.88. The lowest BCUT2D eigenvalue weighted by Crippen LogP contribution is -2.35. The topological polar surface area (TPSA) is 0 Å². The number of halogens is 1. The summed E-state index contributed by atoms with van der Waals surface area (Å²) in [6.07, 6.45) is 5.50. The first-order chi connectivity index (χ1) is 8.17. The molecule has 0 atom stereocenters. The molecule has 18 heavy (non-hydrogen) atoms. The highest BCUT2D eigenvalue weighted by Gasteiger charge is 2.33. The van der Waals surface area contributed by atoms with Gasteiger partial charge in [-0.25, -0.2) is 0 Å². The van der Waals surface area contributed by atoms with Crippen LogP contribution in [-0.4, -0.2) is 8.07 Å². The van der Waals surface area contributed by atoms with Gasteiger partial charge in [0.25, 0.3) is 0 Å². The molecule has 0 nitrogen and oxygen atoms in total. The largest absolute Gasteiger partial charge is 0.138 e. The first-order valence-corrected chi connectivity index (χ1v) is 9.76. The highest BCUT2D eigenvalue weighted by molar-refractivity contribution is 9.10. The molecule has 0 aliphatic carbocycles. The maximum Gasteiger partial charge on any atom is 0.138 e. The Hall–Kier alpha value is -0.963. The lowest BCUT2D eigenvalue weighted by atomic mass is 10.1. The van der Waals surface area contributed by atoms with E-state index in [9.17, 15) is 0 Å². The summed E-state index contributed by atoms with van der Waals surface area (Å²) >= 11 is 3.46. The number of terminal acetylenes is 1. The summed E-state index contributed by atoms with van der Waals surface area (Å²) in [7, 11) is -1.59. The van der Waals surface area contributed by atoms with Crippen LogP contribution in [0.5, 0.6) is 0 Å². The lowest BCUT2D eigenvalue weighted by Gasteiger charge is -2.31. The molecular weight excluding hydrogens is 300 g/mol. The third-order valence-corrected chi connectivity index (χ3v) is 8.52. The number of hydrogen-bond acceptors (Lipinski definition) is 0. The highest BCUT2D eigenvalue weighted by Crippen LogP contribution is 2.35. The predicted molar refractivity (Wildman–Crippen MR) is 86.2 cm³/mol. The van der Waals surface area contributed by atoms with Gasteiger partial charge in [0.15, 0.2) is 0 Å². The summed E-state index contributed by atoms with van der Waals surface area (Å²) in [4.78, 5) is 0. The van der Waals surface area contributed by atoms with E-state index in [1.165, 1.54) is 0 Å². The fourth-order valence-electron chi connectivity index (χ4n) is 1.16. The van der Waals surface area contributed by atoms with E-state index in [-0.39, 0.29) is 5.04 Å². The molecule has 0 aliphatic rings. The Kier molecular flexibility index (Phi) is 4.49. The van der Waals surface area contributed by atoms with Crippen molar-refractivity contribution in [3.05, 3.63) is 33.8 Å². The smallest absolute Gasteiger partial charge is 0.126 e. The van der Waals surface area contributed by atoms with Gasteiger partial charge in [0.2, 0.25) is 0 Å². The molecule has 0 aliphatic heterocycles. The third kappa shape index (κ3) is 3.51. The molecule has 0 saturated carbocycles. The fraction of sp³-hybridized carbons (Fsp3) is 0.375. The molecule has 0 spiro atoms. The quantitative estimate of drug-likeness (QED) is 0.475. The van der Waals surface area contributed by atoms with E-state index in [1.807, 2.05) is 18.2 Å². The second kappa shape index (κ2) is 5.35. The van der Waals surface area contributed by atoms with Crippen LogP contribution < -0.4 is 0 Å². The minimum Gasteiger partial charge on any atom is -0.126 e. The van der Waals surface area contributed by atoms with Gasteiger partial charge in [0.1, 0.15) is 8.07 Å². The zero-order valence-corrected chi connectivity index (χ0v) is 14.3. The summed E-state index contributed by atoms with van der Waals surface area (Å²) in [5.74, 6) is 5.98. The monoisotopic (exact) mass is 318 g/mol. The van der Waals surface area contributed by atoms with Crippen molar-refractivity contribution in [2.75, 3.05) is 0 Å². The lowest BCUT2D eigenvalue weighted by molar-refractivity contribution is 0.731. The van der Waals surface area contributed by atoms with Crippen LogP contribution in [0.2, 0.25) is 18.1 Å². The van der Waals surface area contributed by atoms with Gasteiger partial charge in [-0.3, -0.25) is 0 Å². The van der Waals surface area contributed by atoms with Gasteiger partial charge in [0.05, 0.1) is 0 Å². The van der Waals surface area contributed by atoms with E-state index >= 15 is 0 Å². The molecule has 0 heterocycles. The molecule has 0 radical (unpaired) electrons. The van der Waals surface area contributed by atoms with Gasteiger partial charge >= 0.3 is 0 Å². The Morgan fingerprint density at radius 2 is 1.78 bits per heavy atom. The molecule has 0 aromatic heterocycles. The molecule has 0 N–H and O–H groups in total. The van der Waals surface area contributed by atoms with Gasteiger partial charge < -0.3 is 0 Å². The normalized spacial score (nSPS) is 11.4. The molecular formula is C16H19BrSi. The number of hydrogen-bond donors (Lipinski definition) is 0. The fourth-order valence-corrected chi connectivity index (χ4v) is 2.34. The van der Waals surface area contributed by atoms with Gasteiger partial charge in [-0.2, -0.15) is 0 Å². The van der Waals surface area contributed by atoms with Crippen molar-refractivity contribution in [1.82, 2.24) is 0 Å². The van der Waals surface area contributed by atoms with E-state index < -0.39 is 8.07 Å². The van der Waals surface area contributed by atoms with Crippen molar-refractivity contribution in [3.8, 4) is 23.8 Å². The van der Waals surface area contributed by atoms with E-state index in [2.05, 4.69) is 67.2 Å². The van der Waals surface area contributed by atoms with E-state index in [0.29, 0.717) is 0 Å². The van der Waals surface area contributed by atoms with Crippen molar-refractivity contribution in [3.63, 3.8) is 0 Å². The standard InChI is InChI=1S/C16H19BrSi/c1-7-13-8-9-15(17)12-14(13)10-11-18(5,6)16(2,3)4/h1,8-9,12H,2-6H3. The van der Waals surface area contributed by atoms with Crippen molar-refractivity contribution in [1.29, 1.82) is 0 Å². The molecule has 94 valence electrons. The van der Waals surface area contributed by atoms with Crippen LogP contribution in [0, 0.1) is 23.8 Å². The zero-order chi connectivity index (χ0) is 14.0. The van der Waals surface area contributed by atoms with E-state index in [4.69, 9.17) is 6.42 Å². The summed E-state index contributed by atoms with van der Waals surface area (Å²) < 4.78 is 1.01. The number of rotatable bonds is 0. The van der Waals surface area contributed by atoms with Crippen LogP contribution in [-0.2, 0) is 0 Å². The molecule has 2 heteroatoms. The minimum atomic E-state index is -1.59. The Balaban J connectivity index is 3.22. The van der Waals surface area contributed by atoms with Crippen molar-refractivity contribution in [2.45, 2.75) is 38.9 Å². The average Bonchev–Trinajstić information content (AvgIpc) is 2.25. The Bertz CT molecular complexity index is 545. The molecule has 0 bridgehead atoms. The minimum absolute atomic E-state index is 0.266. The summed E-state index contributed by atoms with van der Waals surface area (Å²) in [6.45, 7) is 11.4. The van der Waals surface area contributed by atoms with Gasteiger partial charge in [0, 0.05) is 15.6 Å². The van der Waals surface area contributed by atoms with Crippen molar-refractivity contribution in [2.24, 2.45) is 0 Å². The van der Waals surface area contributed by atoms with Crippen molar-refractivity contribution >= 4 is 24.0 Å². The van der Waals surface area contributed by atoms with Crippen molar-refractivity contribution < 1.29 is 0 Å². The Labute approximate surface area is 120 Å². The average molecular weight is 319 g/mol. The first-order valence-electron chi connectivity index (χ1n) is 5.97. The molecule has 0 fully saturated rings. The second-order valence-electron chi connectivity index (χ2n) is 5.96. The van der Waals surface area contributed by atoms with Gasteiger partial charge in [-0.1, -0.05) is 61.6 Å². The van der Waals surface area contributed by atoms with Crippen LogP contribution >= 0.6 is 15.9 Å². The summed E-state index contributed by atoms with van der Waals surface area (Å²) in [5, 5.41) is 0.266. The molecule has 0 unspecified atom stereocenters. The predicted octanol–water partition coefficient (Wildman–Crippen LogP) is 4.83. The Morgan fingerprint density at radius 3 is 2.28 bits per heavy atom. The molecule has 1 aromatic carbocycles. The Morgan fingerprint density at radius 1 is 1.17 bits per heavy atom. The van der Waals surface area contributed by atoms with Crippen LogP contribution in [0.3, 0.4) is 0 Å². The van der Waals surface area contributed by atoms with Crippen LogP contribution in [0.4, 0.5) is 0 Å². The molecule has 0 amide bonds.